The second-order valence-electron chi connectivity index (χ2n) is 7.62. The quantitative estimate of drug-likeness (QED) is 0.246. The highest BCUT2D eigenvalue weighted by Crippen LogP contribution is 2.36. The fourth-order valence-corrected chi connectivity index (χ4v) is 5.74. The number of furan rings is 1. The Labute approximate surface area is 205 Å². The normalized spacial score (nSPS) is 11.8. The highest BCUT2D eigenvalue weighted by Gasteiger charge is 2.18. The van der Waals surface area contributed by atoms with E-state index in [9.17, 15) is 0 Å². The Morgan fingerprint density at radius 3 is 2.88 bits per heavy atom. The van der Waals surface area contributed by atoms with E-state index in [0.717, 1.165) is 41.8 Å². The van der Waals surface area contributed by atoms with Crippen LogP contribution in [0.2, 0.25) is 5.02 Å². The minimum Gasteiger partial charge on any atom is -0.484 e. The number of rotatable bonds is 4. The van der Waals surface area contributed by atoms with E-state index < -0.39 is 0 Å². The molecule has 6 aromatic rings. The van der Waals surface area contributed by atoms with Gasteiger partial charge < -0.3 is 9.15 Å². The molecular formula is C23H15BrClN5O2S. The molecule has 0 bridgehead atoms. The minimum absolute atomic E-state index is 0.237. The molecule has 0 aliphatic rings. The van der Waals surface area contributed by atoms with Crippen molar-refractivity contribution in [1.29, 1.82) is 0 Å². The highest BCUT2D eigenvalue weighted by molar-refractivity contribution is 9.10. The smallest absolute Gasteiger partial charge is 0.218 e. The van der Waals surface area contributed by atoms with Crippen molar-refractivity contribution in [2.24, 2.45) is 0 Å². The van der Waals surface area contributed by atoms with Crippen LogP contribution in [0.4, 0.5) is 0 Å². The summed E-state index contributed by atoms with van der Waals surface area (Å²) in [6.45, 7) is 4.32. The summed E-state index contributed by atoms with van der Waals surface area (Å²) in [6.07, 6.45) is 1.68. The van der Waals surface area contributed by atoms with Crippen molar-refractivity contribution in [3.05, 3.63) is 69.2 Å². The van der Waals surface area contributed by atoms with Gasteiger partial charge in [-0.05, 0) is 55.8 Å². The maximum absolute atomic E-state index is 6.22. The maximum Gasteiger partial charge on any atom is 0.218 e. The molecule has 1 aromatic carbocycles. The molecule has 5 heterocycles. The molecule has 7 nitrogen and oxygen atoms in total. The van der Waals surface area contributed by atoms with Gasteiger partial charge in [0.25, 0.3) is 0 Å². The number of halogens is 2. The second kappa shape index (κ2) is 7.79. The van der Waals surface area contributed by atoms with Crippen molar-refractivity contribution in [2.75, 3.05) is 0 Å². The molecule has 0 atom stereocenters. The van der Waals surface area contributed by atoms with E-state index >= 15 is 0 Å². The van der Waals surface area contributed by atoms with E-state index in [4.69, 9.17) is 25.7 Å². The summed E-state index contributed by atoms with van der Waals surface area (Å²) in [5, 5.41) is 6.16. The van der Waals surface area contributed by atoms with Crippen molar-refractivity contribution in [1.82, 2.24) is 24.6 Å². The SMILES string of the molecule is Cc1cc(C)c2c(n1)sc1c2ncn2nc(-c3ccc(COc4ccc(Br)cc4Cl)o3)nc12. The van der Waals surface area contributed by atoms with Crippen molar-refractivity contribution in [3.8, 4) is 17.3 Å². The molecule has 0 unspecified atom stereocenters. The van der Waals surface area contributed by atoms with Crippen LogP contribution in [0.15, 0.2) is 51.6 Å². The first-order chi connectivity index (χ1) is 16.0. The van der Waals surface area contributed by atoms with Crippen LogP contribution in [0, 0.1) is 13.8 Å². The molecule has 0 amide bonds. The Hall–Kier alpha value is -3.01. The van der Waals surface area contributed by atoms with Crippen LogP contribution >= 0.6 is 38.9 Å². The van der Waals surface area contributed by atoms with Gasteiger partial charge in [-0.25, -0.2) is 19.5 Å². The Bertz CT molecular complexity index is 1690. The van der Waals surface area contributed by atoms with Crippen molar-refractivity contribution < 1.29 is 9.15 Å². The summed E-state index contributed by atoms with van der Waals surface area (Å²) in [5.74, 6) is 2.26. The molecule has 0 radical (unpaired) electrons. The summed E-state index contributed by atoms with van der Waals surface area (Å²) < 4.78 is 15.3. The number of fused-ring (bicyclic) bond motifs is 5. The summed E-state index contributed by atoms with van der Waals surface area (Å²) in [4.78, 5) is 15.0. The maximum atomic E-state index is 6.22. The molecule has 0 aliphatic heterocycles. The Morgan fingerprint density at radius 1 is 1.15 bits per heavy atom. The second-order valence-corrected chi connectivity index (χ2v) is 9.94. The van der Waals surface area contributed by atoms with E-state index in [1.807, 2.05) is 25.1 Å². The van der Waals surface area contributed by atoms with Gasteiger partial charge in [0.1, 0.15) is 34.0 Å². The zero-order chi connectivity index (χ0) is 22.7. The summed E-state index contributed by atoms with van der Waals surface area (Å²) in [7, 11) is 0. The van der Waals surface area contributed by atoms with Crippen LogP contribution in [0.1, 0.15) is 17.0 Å². The molecule has 0 saturated carbocycles. The van der Waals surface area contributed by atoms with E-state index in [2.05, 4.69) is 44.0 Å². The molecule has 0 aliphatic carbocycles. The van der Waals surface area contributed by atoms with Gasteiger partial charge >= 0.3 is 0 Å². The van der Waals surface area contributed by atoms with E-state index in [0.29, 0.717) is 28.1 Å². The van der Waals surface area contributed by atoms with E-state index in [1.165, 1.54) is 0 Å². The lowest BCUT2D eigenvalue weighted by Crippen LogP contribution is -1.94. The first-order valence-corrected chi connectivity index (χ1v) is 12.0. The van der Waals surface area contributed by atoms with Crippen LogP contribution in [-0.2, 0) is 6.61 Å². The molecular weight excluding hydrogens is 526 g/mol. The number of benzene rings is 1. The predicted molar refractivity (Wildman–Crippen MR) is 132 cm³/mol. The highest BCUT2D eigenvalue weighted by atomic mass is 79.9. The van der Waals surface area contributed by atoms with Gasteiger partial charge in [-0.15, -0.1) is 16.4 Å². The molecule has 10 heteroatoms. The van der Waals surface area contributed by atoms with Gasteiger partial charge in [-0.2, -0.15) is 0 Å². The van der Waals surface area contributed by atoms with Gasteiger partial charge in [0.2, 0.25) is 5.82 Å². The number of ether oxygens (including phenoxy) is 1. The number of hydrogen-bond acceptors (Lipinski definition) is 7. The topological polar surface area (TPSA) is 78.3 Å². The third kappa shape index (κ3) is 3.56. The first kappa shape index (κ1) is 20.6. The number of thiophene rings is 1. The standard InChI is InChI=1S/C23H15BrClN5O2S/c1-11-7-12(2)27-23-18(11)19-20(33-23)22-28-21(29-30(22)10-26-19)17-6-4-14(32-17)9-31-16-5-3-13(24)8-15(16)25/h3-8,10H,9H2,1-2H3. The molecule has 5 aromatic heterocycles. The van der Waals surface area contributed by atoms with Crippen molar-refractivity contribution >= 4 is 64.9 Å². The predicted octanol–water partition coefficient (Wildman–Crippen LogP) is 6.76. The van der Waals surface area contributed by atoms with Gasteiger partial charge in [0.05, 0.1) is 10.5 Å². The molecule has 0 fully saturated rings. The number of hydrogen-bond donors (Lipinski definition) is 0. The Balaban J connectivity index is 1.34. The lowest BCUT2D eigenvalue weighted by molar-refractivity contribution is 0.272. The fourth-order valence-electron chi connectivity index (χ4n) is 3.79. The van der Waals surface area contributed by atoms with Gasteiger partial charge in [0, 0.05) is 15.6 Å². The Kier molecular flexibility index (Phi) is 4.86. The zero-order valence-electron chi connectivity index (χ0n) is 17.5. The van der Waals surface area contributed by atoms with Gasteiger partial charge in [0.15, 0.2) is 11.4 Å². The number of nitrogens with zero attached hydrogens (tertiary/aromatic N) is 5. The average Bonchev–Trinajstić information content (AvgIpc) is 3.48. The number of aryl methyl sites for hydroxylation is 2. The summed E-state index contributed by atoms with van der Waals surface area (Å²) in [6, 6.07) is 11.2. The van der Waals surface area contributed by atoms with E-state index in [1.54, 1.807) is 34.3 Å². The van der Waals surface area contributed by atoms with Crippen LogP contribution in [0.3, 0.4) is 0 Å². The van der Waals surface area contributed by atoms with Gasteiger partial charge in [-0.3, -0.25) is 0 Å². The van der Waals surface area contributed by atoms with Crippen molar-refractivity contribution in [3.63, 3.8) is 0 Å². The molecule has 0 spiro atoms. The molecule has 0 N–H and O–H groups in total. The van der Waals surface area contributed by atoms with Crippen LogP contribution in [0.5, 0.6) is 5.75 Å². The number of aromatic nitrogens is 5. The Morgan fingerprint density at radius 2 is 2.03 bits per heavy atom. The van der Waals surface area contributed by atoms with Crippen LogP contribution in [0.25, 0.3) is 37.7 Å². The third-order valence-corrected chi connectivity index (χ3v) is 7.10. The zero-order valence-corrected chi connectivity index (χ0v) is 20.6. The monoisotopic (exact) mass is 539 g/mol. The molecule has 0 saturated heterocycles. The molecule has 6 rings (SSSR count). The molecule has 33 heavy (non-hydrogen) atoms. The summed E-state index contributed by atoms with van der Waals surface area (Å²) in [5.41, 5.74) is 3.76. The summed E-state index contributed by atoms with van der Waals surface area (Å²) >= 11 is 11.2. The van der Waals surface area contributed by atoms with Gasteiger partial charge in [-0.1, -0.05) is 27.5 Å². The lowest BCUT2D eigenvalue weighted by atomic mass is 10.1. The van der Waals surface area contributed by atoms with Crippen LogP contribution < -0.4 is 4.74 Å². The fraction of sp³-hybridized carbons (Fsp3) is 0.130. The minimum atomic E-state index is 0.237. The first-order valence-electron chi connectivity index (χ1n) is 10.0. The third-order valence-electron chi connectivity index (χ3n) is 5.24. The van der Waals surface area contributed by atoms with Crippen molar-refractivity contribution in [2.45, 2.75) is 20.5 Å². The average molecular weight is 541 g/mol. The van der Waals surface area contributed by atoms with E-state index in [-0.39, 0.29) is 6.61 Å². The van der Waals surface area contributed by atoms with Crippen LogP contribution in [-0.4, -0.2) is 24.6 Å². The molecule has 164 valence electrons. The largest absolute Gasteiger partial charge is 0.484 e. The number of pyridine rings is 1. The lowest BCUT2D eigenvalue weighted by Gasteiger charge is -2.06.